The molecule has 0 saturated carbocycles. The van der Waals surface area contributed by atoms with Gasteiger partial charge in [-0.15, -0.1) is 0 Å². The molecule has 372 valence electrons. The van der Waals surface area contributed by atoms with Gasteiger partial charge in [-0.25, -0.2) is 28.7 Å². The molecule has 0 bridgehead atoms. The van der Waals surface area contributed by atoms with Crippen molar-refractivity contribution in [2.45, 2.75) is 58.3 Å². The first-order valence-electron chi connectivity index (χ1n) is 23.6. The molecule has 74 heavy (non-hydrogen) atoms. The van der Waals surface area contributed by atoms with E-state index in [2.05, 4.69) is 72.5 Å². The number of fused-ring (bicyclic) bond motifs is 4. The number of nitriles is 2. The van der Waals surface area contributed by atoms with E-state index in [9.17, 15) is 18.4 Å². The summed E-state index contributed by atoms with van der Waals surface area (Å²) in [7, 11) is 2.21. The number of aromatic nitrogens is 10. The van der Waals surface area contributed by atoms with Crippen molar-refractivity contribution in [2.75, 3.05) is 6.61 Å². The molecule has 4 aromatic carbocycles. The molecule has 0 aliphatic heterocycles. The molecule has 0 aliphatic carbocycles. The molecule has 0 saturated heterocycles. The number of halogens is 2. The van der Waals surface area contributed by atoms with E-state index in [-0.39, 0.29) is 42.3 Å². The normalized spacial score (nSPS) is 12.3. The van der Waals surface area contributed by atoms with Gasteiger partial charge in [-0.3, -0.25) is 19.0 Å². The molecule has 6 aromatic heterocycles. The molecule has 2 atom stereocenters. The lowest BCUT2D eigenvalue weighted by Crippen LogP contribution is -2.26. The standard InChI is InChI=1S/C30H32FN7O2Si.C24H18FN7O/c1-19(21-8-6-20(15-32)7-9-21)34-30(39)24-17-38(18-40-12-13-41(3,4)5)29-28(24)35-25(16-33-29)27-23-11-10-22(31)14-26(23)37(2)36-27;1-13(15-5-3-14(10-26)4-6-15)29-24(33)18-11-27-23-22(18)30-19(12-28-23)21-17-8-7-16(25)9-20(17)32(2)31-21/h6-11,14,16-17,19H,12-13,18H2,1-5H3,(H,34,39);3-9,11-13H,1-2H3,(H,27,28)(H,29,33)/t19-;13-/m11/s1. The molecule has 3 N–H and O–H groups in total. The summed E-state index contributed by atoms with van der Waals surface area (Å²) in [6, 6.07) is 27.7. The number of H-pyrrole nitrogens is 1. The van der Waals surface area contributed by atoms with Gasteiger partial charge in [0.1, 0.15) is 52.2 Å². The number of hydrogen-bond acceptors (Lipinski definition) is 11. The van der Waals surface area contributed by atoms with Crippen LogP contribution < -0.4 is 10.6 Å². The van der Waals surface area contributed by atoms with Crippen molar-refractivity contribution in [1.29, 1.82) is 10.5 Å². The molecule has 0 aliphatic rings. The van der Waals surface area contributed by atoms with Crippen LogP contribution in [0.5, 0.6) is 0 Å². The molecule has 10 rings (SSSR count). The van der Waals surface area contributed by atoms with Gasteiger partial charge in [0.2, 0.25) is 0 Å². The number of benzene rings is 4. The Labute approximate surface area is 424 Å². The van der Waals surface area contributed by atoms with Crippen LogP contribution in [0.25, 0.3) is 66.9 Å². The highest BCUT2D eigenvalue weighted by atomic mass is 28.3. The second-order valence-corrected chi connectivity index (χ2v) is 24.7. The van der Waals surface area contributed by atoms with Gasteiger partial charge < -0.3 is 24.9 Å². The van der Waals surface area contributed by atoms with E-state index in [1.165, 1.54) is 24.3 Å². The van der Waals surface area contributed by atoms with Crippen molar-refractivity contribution in [3.05, 3.63) is 155 Å². The van der Waals surface area contributed by atoms with Crippen molar-refractivity contribution in [3.63, 3.8) is 0 Å². The third-order valence-electron chi connectivity index (χ3n) is 12.5. The van der Waals surface area contributed by atoms with Crippen LogP contribution in [-0.4, -0.2) is 75.5 Å². The molecule has 20 heteroatoms. The van der Waals surface area contributed by atoms with Crippen LogP contribution in [0.2, 0.25) is 25.7 Å². The number of aryl methyl sites for hydroxylation is 2. The Morgan fingerprint density at radius 2 is 1.22 bits per heavy atom. The zero-order valence-corrected chi connectivity index (χ0v) is 42.6. The minimum absolute atomic E-state index is 0.235. The fourth-order valence-corrected chi connectivity index (χ4v) is 9.15. The van der Waals surface area contributed by atoms with Crippen LogP contribution in [0.3, 0.4) is 0 Å². The Kier molecular flexibility index (Phi) is 13.9. The van der Waals surface area contributed by atoms with Gasteiger partial charge >= 0.3 is 0 Å². The van der Waals surface area contributed by atoms with Crippen LogP contribution in [0.4, 0.5) is 8.78 Å². The highest BCUT2D eigenvalue weighted by Gasteiger charge is 2.24. The van der Waals surface area contributed by atoms with Gasteiger partial charge in [0.15, 0.2) is 11.3 Å². The van der Waals surface area contributed by atoms with Crippen LogP contribution in [0.1, 0.15) is 68.9 Å². The topological polar surface area (TPSA) is 223 Å². The molecule has 0 fully saturated rings. The SMILES string of the molecule is C[C@@H](NC(=O)c1c[nH]c2ncc(-c3nn(C)c4cc(F)ccc34)nc12)c1ccc(C#N)cc1.C[C@@H](NC(=O)c1cn(COCC[Si](C)(C)C)c2ncc(-c3nn(C)c4cc(F)ccc34)nc12)c1ccc(C#N)cc1. The van der Waals surface area contributed by atoms with E-state index in [1.54, 1.807) is 89.2 Å². The Morgan fingerprint density at radius 3 is 1.73 bits per heavy atom. The lowest BCUT2D eigenvalue weighted by molar-refractivity contribution is 0.0889. The third kappa shape index (κ3) is 10.5. The van der Waals surface area contributed by atoms with Crippen LogP contribution >= 0.6 is 0 Å². The maximum absolute atomic E-state index is 13.9. The number of carbonyl (C=O) groups is 2. The molecule has 0 spiro atoms. The molecule has 6 heterocycles. The first-order chi connectivity index (χ1) is 35.5. The molecule has 0 radical (unpaired) electrons. The number of nitrogens with one attached hydrogen (secondary N) is 3. The Morgan fingerprint density at radius 1 is 0.716 bits per heavy atom. The Bertz CT molecular complexity index is 3840. The summed E-state index contributed by atoms with van der Waals surface area (Å²) in [5.74, 6) is -1.32. The van der Waals surface area contributed by atoms with Gasteiger partial charge in [-0.1, -0.05) is 43.9 Å². The number of rotatable bonds is 13. The van der Waals surface area contributed by atoms with Gasteiger partial charge in [0.25, 0.3) is 11.8 Å². The maximum Gasteiger partial charge on any atom is 0.255 e. The second-order valence-electron chi connectivity index (χ2n) is 19.1. The number of carbonyl (C=O) groups excluding carboxylic acids is 2. The lowest BCUT2D eigenvalue weighted by Gasteiger charge is -2.15. The highest BCUT2D eigenvalue weighted by molar-refractivity contribution is 6.76. The largest absolute Gasteiger partial charge is 0.361 e. The lowest BCUT2D eigenvalue weighted by atomic mass is 10.1. The molecule has 17 nitrogen and oxygen atoms in total. The van der Waals surface area contributed by atoms with E-state index < -0.39 is 8.07 Å². The van der Waals surface area contributed by atoms with Gasteiger partial charge in [-0.2, -0.15) is 20.7 Å². The van der Waals surface area contributed by atoms with Crippen molar-refractivity contribution < 1.29 is 23.1 Å². The number of aromatic amines is 1. The van der Waals surface area contributed by atoms with E-state index in [0.717, 1.165) is 27.9 Å². The Hall–Kier alpha value is -8.98. The number of nitrogens with zero attached hydrogens (tertiary/aromatic N) is 11. The molecule has 10 aromatic rings. The third-order valence-corrected chi connectivity index (χ3v) is 14.3. The van der Waals surface area contributed by atoms with Crippen molar-refractivity contribution >= 4 is 64.0 Å². The maximum atomic E-state index is 13.9. The number of ether oxygens (including phenoxy) is 1. The van der Waals surface area contributed by atoms with Crippen molar-refractivity contribution in [1.82, 2.24) is 59.7 Å². The average Bonchev–Trinajstić information content (AvgIpc) is 4.16. The highest BCUT2D eigenvalue weighted by Crippen LogP contribution is 2.31. The minimum Gasteiger partial charge on any atom is -0.361 e. The minimum atomic E-state index is -1.26. The zero-order valence-electron chi connectivity index (χ0n) is 41.6. The predicted octanol–water partition coefficient (Wildman–Crippen LogP) is 9.81. The smallest absolute Gasteiger partial charge is 0.255 e. The summed E-state index contributed by atoms with van der Waals surface area (Å²) >= 11 is 0. The van der Waals surface area contributed by atoms with Crippen molar-refractivity contribution in [3.8, 4) is 34.9 Å². The first kappa shape index (κ1) is 50.0. The van der Waals surface area contributed by atoms with Gasteiger partial charge in [0, 0.05) is 51.9 Å². The van der Waals surface area contributed by atoms with E-state index in [0.29, 0.717) is 85.0 Å². The van der Waals surface area contributed by atoms with E-state index >= 15 is 0 Å². The summed E-state index contributed by atoms with van der Waals surface area (Å²) in [6.45, 7) is 11.5. The van der Waals surface area contributed by atoms with Crippen LogP contribution in [0, 0.1) is 34.3 Å². The summed E-state index contributed by atoms with van der Waals surface area (Å²) in [6.07, 6.45) is 6.48. The average molecular weight is 1010 g/mol. The van der Waals surface area contributed by atoms with Gasteiger partial charge in [-0.05, 0) is 91.7 Å². The first-order valence-corrected chi connectivity index (χ1v) is 27.3. The fraction of sp³-hybridized carbons (Fsp3) is 0.222. The molecule has 2 amide bonds. The van der Waals surface area contributed by atoms with Crippen LogP contribution in [0.15, 0.2) is 110 Å². The summed E-state index contributed by atoms with van der Waals surface area (Å²) < 4.78 is 38.5. The van der Waals surface area contributed by atoms with E-state index in [4.69, 9.17) is 20.2 Å². The number of hydrogen-bond donors (Lipinski definition) is 3. The van der Waals surface area contributed by atoms with Gasteiger partial charge in [0.05, 0.1) is 69.9 Å². The predicted molar refractivity (Wildman–Crippen MR) is 279 cm³/mol. The molecular formula is C54H50F2N14O3Si. The van der Waals surface area contributed by atoms with Crippen molar-refractivity contribution in [2.24, 2.45) is 14.1 Å². The monoisotopic (exact) mass is 1010 g/mol. The summed E-state index contributed by atoms with van der Waals surface area (Å²) in [5, 5.41) is 34.6. The Balaban J connectivity index is 0.000000186. The number of amides is 2. The quantitative estimate of drug-likeness (QED) is 0.0728. The molecule has 0 unspecified atom stereocenters. The van der Waals surface area contributed by atoms with E-state index in [1.807, 2.05) is 38.1 Å². The fourth-order valence-electron chi connectivity index (χ4n) is 8.40. The molecular weight excluding hydrogens is 959 g/mol. The summed E-state index contributed by atoms with van der Waals surface area (Å²) in [5.41, 5.74) is 8.71. The summed E-state index contributed by atoms with van der Waals surface area (Å²) in [4.78, 5) is 48.2. The zero-order chi connectivity index (χ0) is 52.4. The second kappa shape index (κ2) is 20.6. The van der Waals surface area contributed by atoms with Crippen LogP contribution in [-0.2, 0) is 25.6 Å².